The number of nitrogens with zero attached hydrogens (tertiary/aromatic N) is 1. The fraction of sp³-hybridized carbons (Fsp3) is 0.562. The summed E-state index contributed by atoms with van der Waals surface area (Å²) in [6.45, 7) is 5.30. The number of nitrogens with one attached hydrogen (secondary N) is 2. The fourth-order valence-electron chi connectivity index (χ4n) is 2.63. The molecule has 0 saturated carbocycles. The maximum Gasteiger partial charge on any atom is 0.416 e. The standard InChI is InChI=1S/C16H22F3N3O/c1-2-20-11-12-7-9-22(10-8-12)15(23)21-14-5-3-13(4-6-14)16(17,18)19/h3-6,12,20H,2,7-11H2,1H3,(H,21,23). The minimum atomic E-state index is -4.36. The zero-order chi connectivity index (χ0) is 16.9. The van der Waals surface area contributed by atoms with Gasteiger partial charge < -0.3 is 15.5 Å². The van der Waals surface area contributed by atoms with Crippen molar-refractivity contribution in [2.24, 2.45) is 5.92 Å². The first-order chi connectivity index (χ1) is 10.9. The van der Waals surface area contributed by atoms with Crippen LogP contribution < -0.4 is 10.6 Å². The molecule has 1 fully saturated rings. The van der Waals surface area contributed by atoms with Gasteiger partial charge in [-0.25, -0.2) is 4.79 Å². The molecule has 128 valence electrons. The van der Waals surface area contributed by atoms with E-state index < -0.39 is 11.7 Å². The maximum atomic E-state index is 12.5. The van der Waals surface area contributed by atoms with Crippen molar-refractivity contribution in [3.05, 3.63) is 29.8 Å². The number of hydrogen-bond acceptors (Lipinski definition) is 2. The number of halogens is 3. The molecule has 23 heavy (non-hydrogen) atoms. The second-order valence-corrected chi connectivity index (χ2v) is 5.74. The number of urea groups is 1. The minimum Gasteiger partial charge on any atom is -0.325 e. The van der Waals surface area contributed by atoms with Crippen LogP contribution in [0.2, 0.25) is 0 Å². The molecule has 0 atom stereocenters. The van der Waals surface area contributed by atoms with Gasteiger partial charge in [0, 0.05) is 18.8 Å². The van der Waals surface area contributed by atoms with E-state index in [0.717, 1.165) is 38.1 Å². The Labute approximate surface area is 134 Å². The summed E-state index contributed by atoms with van der Waals surface area (Å²) in [7, 11) is 0. The highest BCUT2D eigenvalue weighted by Gasteiger charge is 2.30. The Hall–Kier alpha value is -1.76. The Balaban J connectivity index is 1.83. The molecule has 0 aromatic heterocycles. The summed E-state index contributed by atoms with van der Waals surface area (Å²) in [4.78, 5) is 13.9. The van der Waals surface area contributed by atoms with Crippen LogP contribution in [-0.4, -0.2) is 37.1 Å². The van der Waals surface area contributed by atoms with Gasteiger partial charge in [-0.3, -0.25) is 0 Å². The van der Waals surface area contributed by atoms with Gasteiger partial charge in [-0.15, -0.1) is 0 Å². The molecule has 0 spiro atoms. The molecule has 1 aromatic rings. The lowest BCUT2D eigenvalue weighted by Crippen LogP contribution is -2.42. The second kappa shape index (κ2) is 7.68. The van der Waals surface area contributed by atoms with Gasteiger partial charge >= 0.3 is 12.2 Å². The lowest BCUT2D eigenvalue weighted by Gasteiger charge is -2.32. The maximum absolute atomic E-state index is 12.5. The largest absolute Gasteiger partial charge is 0.416 e. The van der Waals surface area contributed by atoms with Crippen LogP contribution in [0.4, 0.5) is 23.7 Å². The van der Waals surface area contributed by atoms with E-state index in [1.165, 1.54) is 12.1 Å². The highest BCUT2D eigenvalue weighted by Crippen LogP contribution is 2.29. The summed E-state index contributed by atoms with van der Waals surface area (Å²) in [5.74, 6) is 0.574. The first-order valence-corrected chi connectivity index (χ1v) is 7.84. The Morgan fingerprint density at radius 1 is 1.22 bits per heavy atom. The molecule has 2 N–H and O–H groups in total. The molecule has 1 aliphatic heterocycles. The smallest absolute Gasteiger partial charge is 0.325 e. The number of likely N-dealkylation sites (tertiary alicyclic amines) is 1. The van der Waals surface area contributed by atoms with Crippen molar-refractivity contribution < 1.29 is 18.0 Å². The van der Waals surface area contributed by atoms with Crippen LogP contribution in [0.25, 0.3) is 0 Å². The SMILES string of the molecule is CCNCC1CCN(C(=O)Nc2ccc(C(F)(F)F)cc2)CC1. The minimum absolute atomic E-state index is 0.258. The van der Waals surface area contributed by atoms with Gasteiger partial charge in [0.25, 0.3) is 0 Å². The quantitative estimate of drug-likeness (QED) is 0.887. The first-order valence-electron chi connectivity index (χ1n) is 7.84. The third-order valence-electron chi connectivity index (χ3n) is 4.05. The molecule has 0 aliphatic carbocycles. The third-order valence-corrected chi connectivity index (χ3v) is 4.05. The number of hydrogen-bond donors (Lipinski definition) is 2. The molecule has 4 nitrogen and oxygen atoms in total. The van der Waals surface area contributed by atoms with E-state index in [4.69, 9.17) is 0 Å². The second-order valence-electron chi connectivity index (χ2n) is 5.74. The van der Waals surface area contributed by atoms with Crippen molar-refractivity contribution in [3.8, 4) is 0 Å². The fourth-order valence-corrected chi connectivity index (χ4v) is 2.63. The molecule has 2 amide bonds. The molecule has 1 aliphatic rings. The van der Waals surface area contributed by atoms with Crippen LogP contribution in [0.3, 0.4) is 0 Å². The van der Waals surface area contributed by atoms with Crippen molar-refractivity contribution >= 4 is 11.7 Å². The van der Waals surface area contributed by atoms with E-state index in [9.17, 15) is 18.0 Å². The van der Waals surface area contributed by atoms with Crippen molar-refractivity contribution in [2.45, 2.75) is 25.9 Å². The van der Waals surface area contributed by atoms with Gasteiger partial charge in [-0.1, -0.05) is 6.92 Å². The summed E-state index contributed by atoms with van der Waals surface area (Å²) in [5.41, 5.74) is -0.350. The predicted molar refractivity (Wildman–Crippen MR) is 83.3 cm³/mol. The number of carbonyl (C=O) groups excluding carboxylic acids is 1. The van der Waals surface area contributed by atoms with Crippen LogP contribution in [0, 0.1) is 5.92 Å². The van der Waals surface area contributed by atoms with Crippen LogP contribution in [0.15, 0.2) is 24.3 Å². The summed E-state index contributed by atoms with van der Waals surface area (Å²) in [6, 6.07) is 4.24. The van der Waals surface area contributed by atoms with Gasteiger partial charge in [-0.2, -0.15) is 13.2 Å². The summed E-state index contributed by atoms with van der Waals surface area (Å²) < 4.78 is 37.5. The molecule has 2 rings (SSSR count). The summed E-state index contributed by atoms with van der Waals surface area (Å²) >= 11 is 0. The predicted octanol–water partition coefficient (Wildman–Crippen LogP) is 3.56. The molecule has 1 aromatic carbocycles. The summed E-state index contributed by atoms with van der Waals surface area (Å²) in [6.07, 6.45) is -2.49. The van der Waals surface area contributed by atoms with Crippen molar-refractivity contribution in [3.63, 3.8) is 0 Å². The zero-order valence-electron chi connectivity index (χ0n) is 13.1. The number of piperidine rings is 1. The van der Waals surface area contributed by atoms with Crippen LogP contribution in [0.5, 0.6) is 0 Å². The van der Waals surface area contributed by atoms with Crippen LogP contribution >= 0.6 is 0 Å². The van der Waals surface area contributed by atoms with Crippen molar-refractivity contribution in [1.29, 1.82) is 0 Å². The first kappa shape index (κ1) is 17.6. The van der Waals surface area contributed by atoms with Crippen LogP contribution in [0.1, 0.15) is 25.3 Å². The molecular formula is C16H22F3N3O. The average Bonchev–Trinajstić information content (AvgIpc) is 2.53. The molecule has 0 bridgehead atoms. The lowest BCUT2D eigenvalue weighted by molar-refractivity contribution is -0.137. The van der Waals surface area contributed by atoms with Gasteiger partial charge in [0.05, 0.1) is 5.56 Å². The number of alkyl halides is 3. The van der Waals surface area contributed by atoms with Gasteiger partial charge in [0.1, 0.15) is 0 Å². The van der Waals surface area contributed by atoms with E-state index in [1.54, 1.807) is 4.90 Å². The number of anilines is 1. The van der Waals surface area contributed by atoms with Crippen molar-refractivity contribution in [2.75, 3.05) is 31.5 Å². The van der Waals surface area contributed by atoms with Crippen LogP contribution in [-0.2, 0) is 6.18 Å². The zero-order valence-corrected chi connectivity index (χ0v) is 13.1. The van der Waals surface area contributed by atoms with E-state index in [0.29, 0.717) is 24.7 Å². The van der Waals surface area contributed by atoms with E-state index >= 15 is 0 Å². The Morgan fingerprint density at radius 3 is 2.35 bits per heavy atom. The normalized spacial score (nSPS) is 16.4. The molecule has 7 heteroatoms. The number of amides is 2. The summed E-state index contributed by atoms with van der Waals surface area (Å²) in [5, 5.41) is 5.96. The highest BCUT2D eigenvalue weighted by molar-refractivity contribution is 5.89. The van der Waals surface area contributed by atoms with Gasteiger partial charge in [0.15, 0.2) is 0 Å². The topological polar surface area (TPSA) is 44.4 Å². The molecule has 1 saturated heterocycles. The number of rotatable bonds is 4. The van der Waals surface area contributed by atoms with E-state index in [-0.39, 0.29) is 6.03 Å². The Kier molecular flexibility index (Phi) is 5.87. The van der Waals surface area contributed by atoms with Gasteiger partial charge in [0.2, 0.25) is 0 Å². The average molecular weight is 329 g/mol. The molecular weight excluding hydrogens is 307 g/mol. The molecule has 1 heterocycles. The Morgan fingerprint density at radius 2 is 1.83 bits per heavy atom. The van der Waals surface area contributed by atoms with E-state index in [1.807, 2.05) is 0 Å². The van der Waals surface area contributed by atoms with Crippen molar-refractivity contribution in [1.82, 2.24) is 10.2 Å². The monoisotopic (exact) mass is 329 g/mol. The Bertz CT molecular complexity index is 508. The third kappa shape index (κ3) is 5.13. The van der Waals surface area contributed by atoms with Gasteiger partial charge in [-0.05, 0) is 56.1 Å². The molecule has 0 unspecified atom stereocenters. The van der Waals surface area contributed by atoms with E-state index in [2.05, 4.69) is 17.6 Å². The number of carbonyl (C=O) groups is 1. The molecule has 0 radical (unpaired) electrons. The highest BCUT2D eigenvalue weighted by atomic mass is 19.4. The lowest BCUT2D eigenvalue weighted by atomic mass is 9.97. The number of benzene rings is 1.